The van der Waals surface area contributed by atoms with Crippen molar-refractivity contribution in [2.45, 2.75) is 34.6 Å². The lowest BCUT2D eigenvalue weighted by Crippen LogP contribution is -2.16. The summed E-state index contributed by atoms with van der Waals surface area (Å²) in [7, 11) is 0. The molecule has 0 amide bonds. The van der Waals surface area contributed by atoms with Crippen molar-refractivity contribution < 1.29 is 0 Å². The quantitative estimate of drug-likeness (QED) is 0.518. The normalized spacial score (nSPS) is 11.9. The van der Waals surface area contributed by atoms with Gasteiger partial charge < -0.3 is 0 Å². The summed E-state index contributed by atoms with van der Waals surface area (Å²) in [6, 6.07) is 1.90. The summed E-state index contributed by atoms with van der Waals surface area (Å²) >= 11 is 0. The Labute approximate surface area is 97.8 Å². The van der Waals surface area contributed by atoms with Gasteiger partial charge in [-0.15, -0.1) is 5.92 Å². The molecule has 1 aromatic rings. The topological polar surface area (TPSA) is 25.2 Å². The average Bonchev–Trinajstić information content (AvgIpc) is 2.20. The van der Waals surface area contributed by atoms with Crippen LogP contribution >= 0.6 is 0 Å². The third-order valence-electron chi connectivity index (χ3n) is 2.43. The monoisotopic (exact) mass is 214 g/mol. The molecule has 0 aliphatic rings. The van der Waals surface area contributed by atoms with Gasteiger partial charge in [0.1, 0.15) is 0 Å². The SMILES string of the molecule is CC#Cc1cnccc1N=C(C)C(C)(C)C. The van der Waals surface area contributed by atoms with Gasteiger partial charge in [0.15, 0.2) is 0 Å². The third kappa shape index (κ3) is 3.20. The number of nitrogens with zero attached hydrogens (tertiary/aromatic N) is 2. The summed E-state index contributed by atoms with van der Waals surface area (Å²) in [5.74, 6) is 5.89. The van der Waals surface area contributed by atoms with Gasteiger partial charge in [-0.3, -0.25) is 9.98 Å². The highest BCUT2D eigenvalue weighted by molar-refractivity contribution is 5.89. The van der Waals surface area contributed by atoms with E-state index in [-0.39, 0.29) is 5.41 Å². The van der Waals surface area contributed by atoms with Crippen LogP contribution in [0.25, 0.3) is 0 Å². The van der Waals surface area contributed by atoms with Gasteiger partial charge in [0.05, 0.1) is 11.3 Å². The fourth-order valence-electron chi connectivity index (χ4n) is 1.06. The Balaban J connectivity index is 3.18. The predicted molar refractivity (Wildman–Crippen MR) is 69.0 cm³/mol. The molecule has 0 saturated carbocycles. The molecule has 84 valence electrons. The van der Waals surface area contributed by atoms with Crippen LogP contribution in [0.1, 0.15) is 40.2 Å². The molecule has 0 unspecified atom stereocenters. The van der Waals surface area contributed by atoms with E-state index in [2.05, 4.69) is 42.6 Å². The van der Waals surface area contributed by atoms with Crippen LogP contribution in [0.4, 0.5) is 5.69 Å². The Morgan fingerprint density at radius 3 is 2.62 bits per heavy atom. The van der Waals surface area contributed by atoms with Crippen molar-refractivity contribution in [3.05, 3.63) is 24.0 Å². The molecule has 0 N–H and O–H groups in total. The summed E-state index contributed by atoms with van der Waals surface area (Å²) < 4.78 is 0. The minimum Gasteiger partial charge on any atom is -0.263 e. The fourth-order valence-corrected chi connectivity index (χ4v) is 1.06. The van der Waals surface area contributed by atoms with Crippen LogP contribution in [0.3, 0.4) is 0 Å². The third-order valence-corrected chi connectivity index (χ3v) is 2.43. The fraction of sp³-hybridized carbons (Fsp3) is 0.429. The second-order valence-electron chi connectivity index (χ2n) is 4.72. The lowest BCUT2D eigenvalue weighted by Gasteiger charge is -2.18. The van der Waals surface area contributed by atoms with E-state index in [1.807, 2.05) is 19.9 Å². The molecule has 1 rings (SSSR count). The van der Waals surface area contributed by atoms with Gasteiger partial charge >= 0.3 is 0 Å². The van der Waals surface area contributed by atoms with Crippen LogP contribution in [-0.2, 0) is 0 Å². The van der Waals surface area contributed by atoms with Crippen LogP contribution in [0.5, 0.6) is 0 Å². The largest absolute Gasteiger partial charge is 0.263 e. The predicted octanol–water partition coefficient (Wildman–Crippen LogP) is 3.59. The van der Waals surface area contributed by atoms with Gasteiger partial charge in [-0.1, -0.05) is 26.7 Å². The van der Waals surface area contributed by atoms with Crippen molar-refractivity contribution in [2.75, 3.05) is 0 Å². The van der Waals surface area contributed by atoms with Crippen LogP contribution in [-0.4, -0.2) is 10.7 Å². The zero-order valence-corrected chi connectivity index (χ0v) is 10.6. The second-order valence-corrected chi connectivity index (χ2v) is 4.72. The first kappa shape index (κ1) is 12.4. The molecule has 0 aliphatic heterocycles. The Morgan fingerprint density at radius 2 is 2.06 bits per heavy atom. The minimum absolute atomic E-state index is 0.0835. The van der Waals surface area contributed by atoms with E-state index in [0.29, 0.717) is 0 Å². The highest BCUT2D eigenvalue weighted by atomic mass is 14.8. The first-order valence-corrected chi connectivity index (χ1v) is 5.37. The highest BCUT2D eigenvalue weighted by Gasteiger charge is 2.14. The van der Waals surface area contributed by atoms with Crippen molar-refractivity contribution in [1.82, 2.24) is 4.98 Å². The molecule has 0 bridgehead atoms. The number of hydrogen-bond donors (Lipinski definition) is 0. The summed E-state index contributed by atoms with van der Waals surface area (Å²) in [4.78, 5) is 8.68. The molecule has 2 nitrogen and oxygen atoms in total. The van der Waals surface area contributed by atoms with E-state index in [1.54, 1.807) is 12.4 Å². The molecule has 0 aliphatic carbocycles. The van der Waals surface area contributed by atoms with Crippen LogP contribution in [0.15, 0.2) is 23.5 Å². The zero-order valence-electron chi connectivity index (χ0n) is 10.6. The first-order chi connectivity index (χ1) is 7.45. The number of rotatable bonds is 1. The van der Waals surface area contributed by atoms with Gasteiger partial charge in [-0.2, -0.15) is 0 Å². The van der Waals surface area contributed by atoms with Gasteiger partial charge in [-0.05, 0) is 25.3 Å². The second kappa shape index (κ2) is 4.94. The number of aromatic nitrogens is 1. The standard InChI is InChI=1S/C14H18N2/c1-6-7-12-10-15-9-8-13(12)16-11(2)14(3,4)5/h8-10H,1-5H3. The number of hydrogen-bond acceptors (Lipinski definition) is 2. The first-order valence-electron chi connectivity index (χ1n) is 5.37. The van der Waals surface area contributed by atoms with E-state index in [4.69, 9.17) is 0 Å². The van der Waals surface area contributed by atoms with Crippen LogP contribution in [0.2, 0.25) is 0 Å². The van der Waals surface area contributed by atoms with E-state index in [1.165, 1.54) is 0 Å². The molecule has 2 heteroatoms. The molecule has 0 saturated heterocycles. The molecule has 1 aromatic heterocycles. The van der Waals surface area contributed by atoms with E-state index in [0.717, 1.165) is 17.0 Å². The van der Waals surface area contributed by atoms with Crippen LogP contribution < -0.4 is 0 Å². The maximum atomic E-state index is 4.62. The van der Waals surface area contributed by atoms with E-state index in [9.17, 15) is 0 Å². The Kier molecular flexibility index (Phi) is 3.84. The van der Waals surface area contributed by atoms with Crippen molar-refractivity contribution >= 4 is 11.4 Å². The average molecular weight is 214 g/mol. The van der Waals surface area contributed by atoms with Gasteiger partial charge in [-0.25, -0.2) is 0 Å². The molecule has 0 spiro atoms. The van der Waals surface area contributed by atoms with Gasteiger partial charge in [0.2, 0.25) is 0 Å². The van der Waals surface area contributed by atoms with Gasteiger partial charge in [0, 0.05) is 18.1 Å². The minimum atomic E-state index is 0.0835. The number of pyridine rings is 1. The Hall–Kier alpha value is -1.62. The molecule has 0 aromatic carbocycles. The lowest BCUT2D eigenvalue weighted by molar-refractivity contribution is 0.588. The molecular weight excluding hydrogens is 196 g/mol. The summed E-state index contributed by atoms with van der Waals surface area (Å²) in [5, 5.41) is 0. The highest BCUT2D eigenvalue weighted by Crippen LogP contribution is 2.22. The van der Waals surface area contributed by atoms with Crippen molar-refractivity contribution in [1.29, 1.82) is 0 Å². The molecule has 0 radical (unpaired) electrons. The number of aliphatic imine (C=N–C) groups is 1. The van der Waals surface area contributed by atoms with Crippen molar-refractivity contribution in [3.63, 3.8) is 0 Å². The smallest absolute Gasteiger partial charge is 0.0816 e. The van der Waals surface area contributed by atoms with E-state index >= 15 is 0 Å². The Bertz CT molecular complexity index is 454. The zero-order chi connectivity index (χ0) is 12.2. The Morgan fingerprint density at radius 1 is 1.38 bits per heavy atom. The van der Waals surface area contributed by atoms with Gasteiger partial charge in [0.25, 0.3) is 0 Å². The summed E-state index contributed by atoms with van der Waals surface area (Å²) in [5.41, 5.74) is 2.96. The molecule has 1 heterocycles. The van der Waals surface area contributed by atoms with Crippen molar-refractivity contribution in [3.8, 4) is 11.8 Å². The van der Waals surface area contributed by atoms with Crippen molar-refractivity contribution in [2.24, 2.45) is 10.4 Å². The molecule has 16 heavy (non-hydrogen) atoms. The maximum Gasteiger partial charge on any atom is 0.0816 e. The molecule has 0 fully saturated rings. The summed E-state index contributed by atoms with van der Waals surface area (Å²) in [6.45, 7) is 10.3. The van der Waals surface area contributed by atoms with E-state index < -0.39 is 0 Å². The maximum absolute atomic E-state index is 4.62. The molecule has 0 atom stereocenters. The van der Waals surface area contributed by atoms with Crippen LogP contribution in [0, 0.1) is 17.3 Å². The summed E-state index contributed by atoms with van der Waals surface area (Å²) in [6.07, 6.45) is 3.50. The lowest BCUT2D eigenvalue weighted by atomic mass is 9.91. The molecular formula is C14H18N2.